The third kappa shape index (κ3) is 4.04. The van der Waals surface area contributed by atoms with Crippen LogP contribution in [0.25, 0.3) is 0 Å². The Labute approximate surface area is 153 Å². The molecule has 0 spiro atoms. The van der Waals surface area contributed by atoms with Gasteiger partial charge in [-0.25, -0.2) is 0 Å². The SMILES string of the molecule is CCc1nc(COc2ccc(C(=O)N3CCC(N)C(C)(C)C3)cc2)no1. The second-order valence-corrected chi connectivity index (χ2v) is 7.38. The van der Waals surface area contributed by atoms with Crippen LogP contribution in [0.15, 0.2) is 28.8 Å². The maximum absolute atomic E-state index is 12.7. The molecule has 0 radical (unpaired) electrons. The molecule has 1 fully saturated rings. The highest BCUT2D eigenvalue weighted by Gasteiger charge is 2.35. The van der Waals surface area contributed by atoms with Gasteiger partial charge in [0, 0.05) is 31.1 Å². The highest BCUT2D eigenvalue weighted by atomic mass is 16.5. The topological polar surface area (TPSA) is 94.5 Å². The maximum Gasteiger partial charge on any atom is 0.253 e. The van der Waals surface area contributed by atoms with Crippen molar-refractivity contribution in [2.24, 2.45) is 11.1 Å². The van der Waals surface area contributed by atoms with E-state index in [0.717, 1.165) is 6.42 Å². The third-order valence-corrected chi connectivity index (χ3v) is 4.88. The molecule has 0 bridgehead atoms. The summed E-state index contributed by atoms with van der Waals surface area (Å²) in [5.41, 5.74) is 6.73. The average molecular weight is 358 g/mol. The van der Waals surface area contributed by atoms with Crippen LogP contribution in [-0.4, -0.2) is 40.1 Å². The molecule has 26 heavy (non-hydrogen) atoms. The van der Waals surface area contributed by atoms with Gasteiger partial charge in [0.15, 0.2) is 6.61 Å². The van der Waals surface area contributed by atoms with E-state index in [0.29, 0.717) is 42.5 Å². The Morgan fingerprint density at radius 3 is 2.73 bits per heavy atom. The summed E-state index contributed by atoms with van der Waals surface area (Å²) in [4.78, 5) is 18.8. The van der Waals surface area contributed by atoms with Gasteiger partial charge in [-0.2, -0.15) is 4.98 Å². The molecule has 2 N–H and O–H groups in total. The highest BCUT2D eigenvalue weighted by Crippen LogP contribution is 2.28. The number of carbonyl (C=O) groups is 1. The van der Waals surface area contributed by atoms with E-state index in [1.54, 1.807) is 24.3 Å². The van der Waals surface area contributed by atoms with Crippen LogP contribution in [0.1, 0.15) is 49.3 Å². The predicted molar refractivity (Wildman–Crippen MR) is 96.7 cm³/mol. The Morgan fingerprint density at radius 1 is 1.38 bits per heavy atom. The summed E-state index contributed by atoms with van der Waals surface area (Å²) < 4.78 is 10.7. The number of benzene rings is 1. The fraction of sp³-hybridized carbons (Fsp3) is 0.526. The van der Waals surface area contributed by atoms with E-state index < -0.39 is 0 Å². The first kappa shape index (κ1) is 18.4. The van der Waals surface area contributed by atoms with Crippen LogP contribution in [-0.2, 0) is 13.0 Å². The summed E-state index contributed by atoms with van der Waals surface area (Å²) in [5.74, 6) is 1.79. The van der Waals surface area contributed by atoms with Crippen molar-refractivity contribution in [3.05, 3.63) is 41.5 Å². The summed E-state index contributed by atoms with van der Waals surface area (Å²) in [5, 5.41) is 3.85. The minimum atomic E-state index is -0.0705. The van der Waals surface area contributed by atoms with Crippen molar-refractivity contribution in [1.82, 2.24) is 15.0 Å². The molecule has 2 aromatic rings. The summed E-state index contributed by atoms with van der Waals surface area (Å²) in [6.07, 6.45) is 1.52. The lowest BCUT2D eigenvalue weighted by Gasteiger charge is -2.42. The number of aromatic nitrogens is 2. The number of amides is 1. The Hall–Kier alpha value is -2.41. The van der Waals surface area contributed by atoms with Gasteiger partial charge in [-0.1, -0.05) is 25.9 Å². The van der Waals surface area contributed by atoms with Crippen molar-refractivity contribution < 1.29 is 14.1 Å². The molecule has 7 nitrogen and oxygen atoms in total. The molecule has 3 rings (SSSR count). The smallest absolute Gasteiger partial charge is 0.253 e. The molecule has 1 saturated heterocycles. The standard InChI is InChI=1S/C19H26N4O3/c1-4-17-21-16(22-26-17)11-25-14-7-5-13(6-8-14)18(24)23-10-9-15(20)19(2,3)12-23/h5-8,15H,4,9-12,20H2,1-3H3. The second-order valence-electron chi connectivity index (χ2n) is 7.38. The van der Waals surface area contributed by atoms with Crippen LogP contribution in [0.3, 0.4) is 0 Å². The van der Waals surface area contributed by atoms with Gasteiger partial charge in [-0.15, -0.1) is 0 Å². The molecule has 1 aliphatic heterocycles. The van der Waals surface area contributed by atoms with Crippen molar-refractivity contribution in [3.63, 3.8) is 0 Å². The van der Waals surface area contributed by atoms with Gasteiger partial charge < -0.3 is 19.9 Å². The molecule has 1 aliphatic rings. The van der Waals surface area contributed by atoms with Gasteiger partial charge in [0.25, 0.3) is 5.91 Å². The molecule has 1 aromatic heterocycles. The fourth-order valence-corrected chi connectivity index (χ4v) is 3.06. The van der Waals surface area contributed by atoms with Crippen LogP contribution >= 0.6 is 0 Å². The molecular weight excluding hydrogens is 332 g/mol. The highest BCUT2D eigenvalue weighted by molar-refractivity contribution is 5.94. The van der Waals surface area contributed by atoms with E-state index in [2.05, 4.69) is 24.0 Å². The normalized spacial score (nSPS) is 19.4. The first-order valence-electron chi connectivity index (χ1n) is 8.98. The quantitative estimate of drug-likeness (QED) is 0.882. The predicted octanol–water partition coefficient (Wildman–Crippen LogP) is 2.41. The zero-order chi connectivity index (χ0) is 18.7. The number of piperidine rings is 1. The minimum Gasteiger partial charge on any atom is -0.485 e. The number of carbonyl (C=O) groups excluding carboxylic acids is 1. The van der Waals surface area contributed by atoms with Crippen molar-refractivity contribution in [1.29, 1.82) is 0 Å². The van der Waals surface area contributed by atoms with Crippen LogP contribution in [0.2, 0.25) is 0 Å². The van der Waals surface area contributed by atoms with Crippen molar-refractivity contribution in [2.45, 2.75) is 46.3 Å². The maximum atomic E-state index is 12.7. The zero-order valence-corrected chi connectivity index (χ0v) is 15.6. The third-order valence-electron chi connectivity index (χ3n) is 4.88. The van der Waals surface area contributed by atoms with Gasteiger partial charge in [0.1, 0.15) is 5.75 Å². The van der Waals surface area contributed by atoms with E-state index in [4.69, 9.17) is 15.0 Å². The lowest BCUT2D eigenvalue weighted by molar-refractivity contribution is 0.0533. The molecule has 0 saturated carbocycles. The molecule has 7 heteroatoms. The van der Waals surface area contributed by atoms with Crippen molar-refractivity contribution >= 4 is 5.91 Å². The monoisotopic (exact) mass is 358 g/mol. The van der Waals surface area contributed by atoms with Crippen molar-refractivity contribution in [3.8, 4) is 5.75 Å². The lowest BCUT2D eigenvalue weighted by Crippen LogP contribution is -2.53. The lowest BCUT2D eigenvalue weighted by atomic mass is 9.79. The Kier molecular flexibility index (Phi) is 5.27. The van der Waals surface area contributed by atoms with E-state index in [1.807, 2.05) is 11.8 Å². The van der Waals surface area contributed by atoms with E-state index in [-0.39, 0.29) is 24.0 Å². The van der Waals surface area contributed by atoms with E-state index in [1.165, 1.54) is 0 Å². The van der Waals surface area contributed by atoms with E-state index >= 15 is 0 Å². The number of rotatable bonds is 5. The molecule has 1 atom stereocenters. The van der Waals surface area contributed by atoms with Crippen molar-refractivity contribution in [2.75, 3.05) is 13.1 Å². The minimum absolute atomic E-state index is 0.0299. The Balaban J connectivity index is 1.59. The molecular formula is C19H26N4O3. The first-order valence-corrected chi connectivity index (χ1v) is 8.98. The number of hydrogen-bond acceptors (Lipinski definition) is 6. The van der Waals surface area contributed by atoms with Gasteiger partial charge >= 0.3 is 0 Å². The first-order chi connectivity index (χ1) is 12.4. The fourth-order valence-electron chi connectivity index (χ4n) is 3.06. The van der Waals surface area contributed by atoms with Gasteiger partial charge in [0.2, 0.25) is 11.7 Å². The largest absolute Gasteiger partial charge is 0.485 e. The molecule has 1 aromatic carbocycles. The number of nitrogens with zero attached hydrogens (tertiary/aromatic N) is 3. The summed E-state index contributed by atoms with van der Waals surface area (Å²) in [6.45, 7) is 7.76. The number of hydrogen-bond donors (Lipinski definition) is 1. The average Bonchev–Trinajstić information content (AvgIpc) is 3.10. The number of aryl methyl sites for hydroxylation is 1. The summed E-state index contributed by atoms with van der Waals surface area (Å²) >= 11 is 0. The number of nitrogens with two attached hydrogens (primary N) is 1. The van der Waals surface area contributed by atoms with Crippen LogP contribution < -0.4 is 10.5 Å². The number of ether oxygens (including phenoxy) is 1. The van der Waals surface area contributed by atoms with E-state index in [9.17, 15) is 4.79 Å². The Morgan fingerprint density at radius 2 is 2.12 bits per heavy atom. The van der Waals surface area contributed by atoms with Crippen LogP contribution in [0.4, 0.5) is 0 Å². The molecule has 2 heterocycles. The second kappa shape index (κ2) is 7.45. The molecule has 1 unspecified atom stereocenters. The number of likely N-dealkylation sites (tertiary alicyclic amines) is 1. The summed E-state index contributed by atoms with van der Waals surface area (Å²) in [7, 11) is 0. The zero-order valence-electron chi connectivity index (χ0n) is 15.6. The van der Waals surface area contributed by atoms with Crippen LogP contribution in [0.5, 0.6) is 5.75 Å². The molecule has 1 amide bonds. The van der Waals surface area contributed by atoms with Crippen LogP contribution in [0, 0.1) is 5.41 Å². The van der Waals surface area contributed by atoms with Gasteiger partial charge in [-0.05, 0) is 36.1 Å². The molecule has 140 valence electrons. The Bertz CT molecular complexity index is 754. The van der Waals surface area contributed by atoms with Gasteiger partial charge in [-0.3, -0.25) is 4.79 Å². The summed E-state index contributed by atoms with van der Waals surface area (Å²) in [6, 6.07) is 7.27. The van der Waals surface area contributed by atoms with Gasteiger partial charge in [0.05, 0.1) is 0 Å². The molecule has 0 aliphatic carbocycles.